The van der Waals surface area contributed by atoms with E-state index in [4.69, 9.17) is 4.74 Å². The van der Waals surface area contributed by atoms with Gasteiger partial charge in [-0.05, 0) is 36.8 Å². The number of aryl methyl sites for hydroxylation is 1. The van der Waals surface area contributed by atoms with Crippen LogP contribution in [0, 0.1) is 12.7 Å². The van der Waals surface area contributed by atoms with Crippen LogP contribution in [0.15, 0.2) is 53.4 Å². The van der Waals surface area contributed by atoms with Crippen molar-refractivity contribution in [3.8, 4) is 0 Å². The third-order valence-electron chi connectivity index (χ3n) is 3.87. The van der Waals surface area contributed by atoms with Gasteiger partial charge in [-0.3, -0.25) is 0 Å². The second kappa shape index (κ2) is 6.39. The summed E-state index contributed by atoms with van der Waals surface area (Å²) in [6, 6.07) is 12.9. The van der Waals surface area contributed by atoms with Crippen molar-refractivity contribution in [1.29, 1.82) is 0 Å². The monoisotopic (exact) mass is 335 g/mol. The molecule has 1 heterocycles. The van der Waals surface area contributed by atoms with Crippen molar-refractivity contribution >= 4 is 10.0 Å². The lowest BCUT2D eigenvalue weighted by atomic mass is 10.2. The molecule has 0 aliphatic carbocycles. The first-order valence-corrected chi connectivity index (χ1v) is 8.82. The summed E-state index contributed by atoms with van der Waals surface area (Å²) in [6.07, 6.45) is -0.125. The summed E-state index contributed by atoms with van der Waals surface area (Å²) in [7, 11) is -3.44. The molecule has 0 saturated carbocycles. The average molecular weight is 335 g/mol. The maximum Gasteiger partial charge on any atom is 0.243 e. The van der Waals surface area contributed by atoms with E-state index in [0.717, 1.165) is 11.1 Å². The highest BCUT2D eigenvalue weighted by Crippen LogP contribution is 2.24. The fourth-order valence-electron chi connectivity index (χ4n) is 2.36. The molecule has 6 heteroatoms. The molecule has 3 rings (SSSR count). The topological polar surface area (TPSA) is 46.6 Å². The van der Waals surface area contributed by atoms with Crippen LogP contribution in [0.1, 0.15) is 11.1 Å². The molecule has 2 aromatic carbocycles. The molecule has 122 valence electrons. The SMILES string of the molecule is Cc1ccc(S(=O)(=O)N2CC(OCc3ccc(F)cc3)C2)cc1. The molecule has 1 saturated heterocycles. The first-order chi connectivity index (χ1) is 10.9. The number of nitrogens with zero attached hydrogens (tertiary/aromatic N) is 1. The Morgan fingerprint density at radius 1 is 1.09 bits per heavy atom. The van der Waals surface area contributed by atoms with E-state index in [1.165, 1.54) is 16.4 Å². The lowest BCUT2D eigenvalue weighted by Crippen LogP contribution is -2.54. The molecule has 0 amide bonds. The average Bonchev–Trinajstić information content (AvgIpc) is 2.48. The Morgan fingerprint density at radius 2 is 1.70 bits per heavy atom. The van der Waals surface area contributed by atoms with E-state index in [1.807, 2.05) is 6.92 Å². The quantitative estimate of drug-likeness (QED) is 0.844. The predicted octanol–water partition coefficient (Wildman–Crippen LogP) is 2.72. The molecule has 0 aromatic heterocycles. The van der Waals surface area contributed by atoms with Gasteiger partial charge in [0.05, 0.1) is 17.6 Å². The van der Waals surface area contributed by atoms with Crippen molar-refractivity contribution < 1.29 is 17.5 Å². The molecule has 0 bridgehead atoms. The van der Waals surface area contributed by atoms with E-state index in [1.54, 1.807) is 36.4 Å². The Morgan fingerprint density at radius 3 is 2.30 bits per heavy atom. The minimum absolute atomic E-state index is 0.125. The normalized spacial score (nSPS) is 16.3. The maximum atomic E-state index is 12.8. The van der Waals surface area contributed by atoms with E-state index in [0.29, 0.717) is 24.6 Å². The van der Waals surface area contributed by atoms with Gasteiger partial charge in [-0.1, -0.05) is 29.8 Å². The minimum atomic E-state index is -3.44. The number of benzene rings is 2. The highest BCUT2D eigenvalue weighted by atomic mass is 32.2. The van der Waals surface area contributed by atoms with Crippen LogP contribution in [0.3, 0.4) is 0 Å². The molecule has 4 nitrogen and oxygen atoms in total. The van der Waals surface area contributed by atoms with Crippen LogP contribution in [0.4, 0.5) is 4.39 Å². The van der Waals surface area contributed by atoms with Gasteiger partial charge in [-0.15, -0.1) is 0 Å². The number of rotatable bonds is 5. The van der Waals surface area contributed by atoms with Crippen molar-refractivity contribution in [3.05, 3.63) is 65.5 Å². The zero-order valence-corrected chi connectivity index (χ0v) is 13.6. The van der Waals surface area contributed by atoms with Crippen LogP contribution < -0.4 is 0 Å². The summed E-state index contributed by atoms with van der Waals surface area (Å²) in [5.74, 6) is -0.284. The highest BCUT2D eigenvalue weighted by Gasteiger charge is 2.37. The van der Waals surface area contributed by atoms with Crippen LogP contribution in [-0.2, 0) is 21.4 Å². The Hall–Kier alpha value is -1.76. The Bertz CT molecular complexity index is 766. The van der Waals surface area contributed by atoms with Crippen molar-refractivity contribution in [2.45, 2.75) is 24.5 Å². The molecule has 2 aromatic rings. The van der Waals surface area contributed by atoms with Crippen LogP contribution in [-0.4, -0.2) is 31.9 Å². The van der Waals surface area contributed by atoms with Gasteiger partial charge >= 0.3 is 0 Å². The maximum absolute atomic E-state index is 12.8. The van der Waals surface area contributed by atoms with E-state index in [-0.39, 0.29) is 11.9 Å². The third kappa shape index (κ3) is 3.60. The predicted molar refractivity (Wildman–Crippen MR) is 84.9 cm³/mol. The Labute approximate surface area is 135 Å². The summed E-state index contributed by atoms with van der Waals surface area (Å²) < 4.78 is 44.7. The van der Waals surface area contributed by atoms with E-state index >= 15 is 0 Å². The standard InChI is InChI=1S/C17H18FNO3S/c1-13-2-8-17(9-3-13)23(20,21)19-10-16(11-19)22-12-14-4-6-15(18)7-5-14/h2-9,16H,10-12H2,1H3. The molecule has 0 N–H and O–H groups in total. The molecule has 0 radical (unpaired) electrons. The van der Waals surface area contributed by atoms with Crippen LogP contribution in [0.2, 0.25) is 0 Å². The van der Waals surface area contributed by atoms with E-state index in [2.05, 4.69) is 0 Å². The third-order valence-corrected chi connectivity index (χ3v) is 5.72. The van der Waals surface area contributed by atoms with Crippen molar-refractivity contribution in [1.82, 2.24) is 4.31 Å². The molecule has 0 unspecified atom stereocenters. The molecular weight excluding hydrogens is 317 g/mol. The largest absolute Gasteiger partial charge is 0.371 e. The van der Waals surface area contributed by atoms with E-state index in [9.17, 15) is 12.8 Å². The summed E-state index contributed by atoms with van der Waals surface area (Å²) in [4.78, 5) is 0.306. The molecular formula is C17H18FNO3S. The van der Waals surface area contributed by atoms with Gasteiger partial charge in [-0.25, -0.2) is 12.8 Å². The molecule has 0 atom stereocenters. The zero-order valence-electron chi connectivity index (χ0n) is 12.8. The second-order valence-corrected chi connectivity index (χ2v) is 7.63. The van der Waals surface area contributed by atoms with Gasteiger partial charge < -0.3 is 4.74 Å². The van der Waals surface area contributed by atoms with Crippen molar-refractivity contribution in [2.24, 2.45) is 0 Å². The number of hydrogen-bond acceptors (Lipinski definition) is 3. The number of ether oxygens (including phenoxy) is 1. The minimum Gasteiger partial charge on any atom is -0.371 e. The van der Waals surface area contributed by atoms with Gasteiger partial charge in [0.1, 0.15) is 5.82 Å². The van der Waals surface area contributed by atoms with Crippen LogP contribution in [0.5, 0.6) is 0 Å². The van der Waals surface area contributed by atoms with Crippen LogP contribution >= 0.6 is 0 Å². The second-order valence-electron chi connectivity index (χ2n) is 5.69. The van der Waals surface area contributed by atoms with E-state index < -0.39 is 10.0 Å². The van der Waals surface area contributed by atoms with Gasteiger partial charge in [0, 0.05) is 13.1 Å². The van der Waals surface area contributed by atoms with Gasteiger partial charge in [-0.2, -0.15) is 4.31 Å². The molecule has 1 fully saturated rings. The smallest absolute Gasteiger partial charge is 0.243 e. The Balaban J connectivity index is 1.54. The van der Waals surface area contributed by atoms with Crippen LogP contribution in [0.25, 0.3) is 0 Å². The Kier molecular flexibility index (Phi) is 4.48. The lowest BCUT2D eigenvalue weighted by Gasteiger charge is -2.37. The van der Waals surface area contributed by atoms with Gasteiger partial charge in [0.2, 0.25) is 10.0 Å². The number of sulfonamides is 1. The lowest BCUT2D eigenvalue weighted by molar-refractivity contribution is -0.0295. The van der Waals surface area contributed by atoms with Gasteiger partial charge in [0.25, 0.3) is 0 Å². The first-order valence-electron chi connectivity index (χ1n) is 7.38. The molecule has 0 spiro atoms. The fraction of sp³-hybridized carbons (Fsp3) is 0.294. The molecule has 1 aliphatic rings. The zero-order chi connectivity index (χ0) is 16.4. The van der Waals surface area contributed by atoms with Crippen molar-refractivity contribution in [3.63, 3.8) is 0 Å². The molecule has 23 heavy (non-hydrogen) atoms. The van der Waals surface area contributed by atoms with Crippen molar-refractivity contribution in [2.75, 3.05) is 13.1 Å². The molecule has 1 aliphatic heterocycles. The number of hydrogen-bond donors (Lipinski definition) is 0. The number of halogens is 1. The highest BCUT2D eigenvalue weighted by molar-refractivity contribution is 7.89. The summed E-state index contributed by atoms with van der Waals surface area (Å²) in [5, 5.41) is 0. The first kappa shape index (κ1) is 16.1. The fourth-order valence-corrected chi connectivity index (χ4v) is 3.86. The summed E-state index contributed by atoms with van der Waals surface area (Å²) >= 11 is 0. The summed E-state index contributed by atoms with van der Waals surface area (Å²) in [5.41, 5.74) is 1.89. The van der Waals surface area contributed by atoms with Gasteiger partial charge in [0.15, 0.2) is 0 Å². The summed E-state index contributed by atoms with van der Waals surface area (Å²) in [6.45, 7) is 2.96.